The lowest BCUT2D eigenvalue weighted by Crippen LogP contribution is -2.24. The van der Waals surface area contributed by atoms with Crippen molar-refractivity contribution in [3.05, 3.63) is 69.2 Å². The molecule has 2 aromatic carbocycles. The zero-order valence-corrected chi connectivity index (χ0v) is 13.7. The van der Waals surface area contributed by atoms with E-state index < -0.39 is 11.6 Å². The molecule has 1 N–H and O–H groups in total. The van der Waals surface area contributed by atoms with Crippen molar-refractivity contribution in [1.29, 1.82) is 0 Å². The van der Waals surface area contributed by atoms with E-state index in [9.17, 15) is 8.78 Å². The summed E-state index contributed by atoms with van der Waals surface area (Å²) in [7, 11) is 0. The Bertz CT molecular complexity index is 611. The summed E-state index contributed by atoms with van der Waals surface area (Å²) < 4.78 is 28.0. The molecule has 0 aliphatic carbocycles. The number of hydrogen-bond acceptors (Lipinski definition) is 1. The van der Waals surface area contributed by atoms with Crippen LogP contribution in [-0.2, 0) is 6.42 Å². The molecule has 0 saturated heterocycles. The molecule has 0 aliphatic heterocycles. The van der Waals surface area contributed by atoms with Gasteiger partial charge in [0.2, 0.25) is 0 Å². The fourth-order valence-corrected chi connectivity index (χ4v) is 2.62. The largest absolute Gasteiger partial charge is 0.310 e. The van der Waals surface area contributed by atoms with Gasteiger partial charge in [0.25, 0.3) is 0 Å². The van der Waals surface area contributed by atoms with Crippen LogP contribution in [0.5, 0.6) is 0 Å². The van der Waals surface area contributed by atoms with Gasteiger partial charge in [-0.05, 0) is 53.5 Å². The highest BCUT2D eigenvalue weighted by Gasteiger charge is 2.18. The Kier molecular flexibility index (Phi) is 5.48. The van der Waals surface area contributed by atoms with Crippen LogP contribution < -0.4 is 5.32 Å². The van der Waals surface area contributed by atoms with Gasteiger partial charge >= 0.3 is 0 Å². The Balaban J connectivity index is 2.30. The molecule has 0 aromatic heterocycles. The van der Waals surface area contributed by atoms with Crippen LogP contribution in [-0.4, -0.2) is 6.54 Å². The summed E-state index contributed by atoms with van der Waals surface area (Å²) >= 11 is 3.01. The van der Waals surface area contributed by atoms with Gasteiger partial charge < -0.3 is 5.32 Å². The zero-order valence-electron chi connectivity index (χ0n) is 12.1. The summed E-state index contributed by atoms with van der Waals surface area (Å²) in [6.45, 7) is 4.66. The van der Waals surface area contributed by atoms with Crippen LogP contribution in [0.3, 0.4) is 0 Å². The van der Waals surface area contributed by atoms with Crippen LogP contribution in [0.2, 0.25) is 0 Å². The lowest BCUT2D eigenvalue weighted by Gasteiger charge is -2.20. The van der Waals surface area contributed by atoms with Crippen molar-refractivity contribution in [3.8, 4) is 0 Å². The second-order valence-corrected chi connectivity index (χ2v) is 5.94. The number of rotatable bonds is 5. The molecule has 0 saturated carbocycles. The van der Waals surface area contributed by atoms with Crippen LogP contribution in [0.1, 0.15) is 29.7 Å². The molecule has 4 heteroatoms. The van der Waals surface area contributed by atoms with Gasteiger partial charge in [0.05, 0.1) is 4.47 Å². The lowest BCUT2D eigenvalue weighted by molar-refractivity contribution is 0.500. The van der Waals surface area contributed by atoms with Gasteiger partial charge in [-0.3, -0.25) is 0 Å². The van der Waals surface area contributed by atoms with Crippen molar-refractivity contribution >= 4 is 15.9 Å². The molecule has 112 valence electrons. The first-order chi connectivity index (χ1) is 10.0. The Morgan fingerprint density at radius 2 is 1.76 bits per heavy atom. The molecule has 0 bridgehead atoms. The van der Waals surface area contributed by atoms with Crippen LogP contribution in [0, 0.1) is 18.6 Å². The second kappa shape index (κ2) is 7.14. The first-order valence-corrected chi connectivity index (χ1v) is 7.74. The predicted molar refractivity (Wildman–Crippen MR) is 85.4 cm³/mol. The van der Waals surface area contributed by atoms with Crippen molar-refractivity contribution in [1.82, 2.24) is 5.32 Å². The van der Waals surface area contributed by atoms with Gasteiger partial charge in [-0.25, -0.2) is 8.78 Å². The predicted octanol–water partition coefficient (Wildman–Crippen LogP) is 4.93. The SMILES string of the molecule is CCNC(Cc1ccc(C)cc1)c1cc(F)c(Br)cc1F. The summed E-state index contributed by atoms with van der Waals surface area (Å²) in [5.74, 6) is -0.848. The van der Waals surface area contributed by atoms with E-state index in [0.717, 1.165) is 5.56 Å². The van der Waals surface area contributed by atoms with E-state index in [-0.39, 0.29) is 10.5 Å². The summed E-state index contributed by atoms with van der Waals surface area (Å²) in [5, 5.41) is 3.23. The Morgan fingerprint density at radius 3 is 2.38 bits per heavy atom. The van der Waals surface area contributed by atoms with Gasteiger partial charge in [-0.15, -0.1) is 0 Å². The van der Waals surface area contributed by atoms with Gasteiger partial charge in [0.15, 0.2) is 0 Å². The maximum atomic E-state index is 14.1. The van der Waals surface area contributed by atoms with Crippen LogP contribution in [0.15, 0.2) is 40.9 Å². The van der Waals surface area contributed by atoms with Crippen LogP contribution in [0.25, 0.3) is 0 Å². The molecule has 2 rings (SSSR count). The van der Waals surface area contributed by atoms with Gasteiger partial charge in [-0.1, -0.05) is 36.8 Å². The van der Waals surface area contributed by atoms with Crippen LogP contribution in [0.4, 0.5) is 8.78 Å². The van der Waals surface area contributed by atoms with E-state index >= 15 is 0 Å². The van der Waals surface area contributed by atoms with Crippen molar-refractivity contribution in [3.63, 3.8) is 0 Å². The molecule has 0 spiro atoms. The normalized spacial score (nSPS) is 12.4. The molecule has 21 heavy (non-hydrogen) atoms. The Labute approximate surface area is 132 Å². The highest BCUT2D eigenvalue weighted by molar-refractivity contribution is 9.10. The molecular formula is C17H18BrF2N. The van der Waals surface area contributed by atoms with Gasteiger partial charge in [0.1, 0.15) is 11.6 Å². The molecular weight excluding hydrogens is 336 g/mol. The van der Waals surface area contributed by atoms with E-state index in [1.165, 1.54) is 17.7 Å². The molecule has 0 aliphatic rings. The van der Waals surface area contributed by atoms with Crippen molar-refractivity contribution < 1.29 is 8.78 Å². The minimum atomic E-state index is -0.446. The van der Waals surface area contributed by atoms with Gasteiger partial charge in [-0.2, -0.15) is 0 Å². The standard InChI is InChI=1S/C17H18BrF2N/c1-3-21-17(8-12-6-4-11(2)5-7-12)13-9-16(20)14(18)10-15(13)19/h4-7,9-10,17,21H,3,8H2,1-2H3. The molecule has 0 fully saturated rings. The van der Waals surface area contributed by atoms with E-state index in [1.807, 2.05) is 38.1 Å². The topological polar surface area (TPSA) is 12.0 Å². The monoisotopic (exact) mass is 353 g/mol. The van der Waals surface area contributed by atoms with Crippen LogP contribution >= 0.6 is 15.9 Å². The Morgan fingerprint density at radius 1 is 1.10 bits per heavy atom. The van der Waals surface area contributed by atoms with E-state index in [1.54, 1.807) is 0 Å². The smallest absolute Gasteiger partial charge is 0.137 e. The third-order valence-electron chi connectivity index (χ3n) is 3.43. The molecule has 0 heterocycles. The van der Waals surface area contributed by atoms with E-state index in [2.05, 4.69) is 21.2 Å². The van der Waals surface area contributed by atoms with Gasteiger partial charge in [0, 0.05) is 11.6 Å². The first kappa shape index (κ1) is 16.1. The first-order valence-electron chi connectivity index (χ1n) is 6.94. The summed E-state index contributed by atoms with van der Waals surface area (Å²) in [5.41, 5.74) is 2.63. The summed E-state index contributed by atoms with van der Waals surface area (Å²) in [6.07, 6.45) is 0.617. The molecule has 2 aromatic rings. The number of hydrogen-bond donors (Lipinski definition) is 1. The highest BCUT2D eigenvalue weighted by Crippen LogP contribution is 2.26. The summed E-state index contributed by atoms with van der Waals surface area (Å²) in [6, 6.07) is 10.3. The fraction of sp³-hybridized carbons (Fsp3) is 0.294. The molecule has 0 radical (unpaired) electrons. The molecule has 1 atom stereocenters. The number of halogens is 3. The number of benzene rings is 2. The second-order valence-electron chi connectivity index (χ2n) is 5.09. The van der Waals surface area contributed by atoms with Crippen molar-refractivity contribution in [2.24, 2.45) is 0 Å². The number of aryl methyl sites for hydroxylation is 1. The number of nitrogens with one attached hydrogen (secondary N) is 1. The minimum absolute atomic E-state index is 0.148. The molecule has 1 nitrogen and oxygen atoms in total. The van der Waals surface area contributed by atoms with Crippen molar-refractivity contribution in [2.75, 3.05) is 6.54 Å². The average molecular weight is 354 g/mol. The highest BCUT2D eigenvalue weighted by atomic mass is 79.9. The average Bonchev–Trinajstić information content (AvgIpc) is 2.45. The maximum Gasteiger partial charge on any atom is 0.137 e. The number of likely N-dealkylation sites (N-methyl/N-ethyl adjacent to an activating group) is 1. The molecule has 0 amide bonds. The summed E-state index contributed by atoms with van der Waals surface area (Å²) in [4.78, 5) is 0. The molecule has 1 unspecified atom stereocenters. The van der Waals surface area contributed by atoms with E-state index in [4.69, 9.17) is 0 Å². The quantitative estimate of drug-likeness (QED) is 0.751. The van der Waals surface area contributed by atoms with E-state index in [0.29, 0.717) is 18.5 Å². The van der Waals surface area contributed by atoms with Crippen molar-refractivity contribution in [2.45, 2.75) is 26.3 Å². The maximum absolute atomic E-state index is 14.1. The zero-order chi connectivity index (χ0) is 15.4. The lowest BCUT2D eigenvalue weighted by atomic mass is 9.97. The minimum Gasteiger partial charge on any atom is -0.310 e. The Hall–Kier alpha value is -1.26. The fourth-order valence-electron chi connectivity index (χ4n) is 2.30. The third kappa shape index (κ3) is 4.11. The third-order valence-corrected chi connectivity index (χ3v) is 4.03.